The van der Waals surface area contributed by atoms with Crippen LogP contribution in [0.3, 0.4) is 0 Å². The summed E-state index contributed by atoms with van der Waals surface area (Å²) in [6, 6.07) is 19.9. The van der Waals surface area contributed by atoms with Gasteiger partial charge in [0.15, 0.2) is 0 Å². The van der Waals surface area contributed by atoms with Crippen molar-refractivity contribution in [3.8, 4) is 5.75 Å². The average molecular weight is 383 g/mol. The summed E-state index contributed by atoms with van der Waals surface area (Å²) in [7, 11) is 0. The molecule has 3 aromatic rings. The predicted octanol–water partition coefficient (Wildman–Crippen LogP) is 4.82. The Balaban J connectivity index is 1.62. The van der Waals surface area contributed by atoms with Gasteiger partial charge in [0.2, 0.25) is 0 Å². The summed E-state index contributed by atoms with van der Waals surface area (Å²) in [6.45, 7) is 0.294. The topological polar surface area (TPSA) is 50.7 Å². The van der Waals surface area contributed by atoms with Gasteiger partial charge in [-0.25, -0.2) is 9.82 Å². The molecule has 0 saturated heterocycles. The van der Waals surface area contributed by atoms with Crippen LogP contribution in [0.1, 0.15) is 21.5 Å². The molecule has 0 atom stereocenters. The lowest BCUT2D eigenvalue weighted by Gasteiger charge is -2.09. The number of nitrogens with one attached hydrogen (secondary N) is 1. The first-order valence-electron chi connectivity index (χ1n) is 8.17. The highest BCUT2D eigenvalue weighted by atomic mass is 35.5. The van der Waals surface area contributed by atoms with Gasteiger partial charge in [0.25, 0.3) is 5.91 Å². The second kappa shape index (κ2) is 8.96. The van der Waals surface area contributed by atoms with Gasteiger partial charge in [-0.2, -0.15) is 5.10 Å². The molecule has 0 aromatic heterocycles. The highest BCUT2D eigenvalue weighted by Gasteiger charge is 2.05. The summed E-state index contributed by atoms with van der Waals surface area (Å²) in [5.41, 5.74) is 4.47. The van der Waals surface area contributed by atoms with Gasteiger partial charge in [0.1, 0.15) is 18.2 Å². The molecule has 0 heterocycles. The Labute approximate surface area is 161 Å². The van der Waals surface area contributed by atoms with Gasteiger partial charge >= 0.3 is 0 Å². The second-order valence-corrected chi connectivity index (χ2v) is 6.10. The normalized spacial score (nSPS) is 10.7. The van der Waals surface area contributed by atoms with Crippen molar-refractivity contribution in [2.24, 2.45) is 5.10 Å². The van der Waals surface area contributed by atoms with Crippen LogP contribution in [0, 0.1) is 5.82 Å². The number of halogens is 2. The fourth-order valence-corrected chi connectivity index (χ4v) is 2.41. The third kappa shape index (κ3) is 5.39. The number of carbonyl (C=O) groups excluding carboxylic acids is 1. The van der Waals surface area contributed by atoms with Crippen LogP contribution in [0.2, 0.25) is 5.02 Å². The maximum Gasteiger partial charge on any atom is 0.271 e. The quantitative estimate of drug-likeness (QED) is 0.490. The van der Waals surface area contributed by atoms with Crippen LogP contribution in [0.4, 0.5) is 4.39 Å². The number of hydrogen-bond donors (Lipinski definition) is 1. The van der Waals surface area contributed by atoms with Gasteiger partial charge in [0.05, 0.1) is 6.21 Å². The van der Waals surface area contributed by atoms with Gasteiger partial charge in [-0.3, -0.25) is 4.79 Å². The van der Waals surface area contributed by atoms with E-state index in [1.807, 2.05) is 18.2 Å². The molecule has 1 N–H and O–H groups in total. The van der Waals surface area contributed by atoms with E-state index in [0.29, 0.717) is 28.5 Å². The first-order chi connectivity index (χ1) is 13.1. The second-order valence-electron chi connectivity index (χ2n) is 5.66. The van der Waals surface area contributed by atoms with Gasteiger partial charge in [-0.1, -0.05) is 35.9 Å². The smallest absolute Gasteiger partial charge is 0.271 e. The molecule has 0 fully saturated rings. The number of rotatable bonds is 6. The van der Waals surface area contributed by atoms with E-state index in [9.17, 15) is 9.18 Å². The Morgan fingerprint density at radius 2 is 1.74 bits per heavy atom. The monoisotopic (exact) mass is 382 g/mol. The molecule has 3 aromatic carbocycles. The number of benzene rings is 3. The van der Waals surface area contributed by atoms with Crippen LogP contribution in [-0.4, -0.2) is 12.1 Å². The Hall–Kier alpha value is -3.18. The minimum Gasteiger partial charge on any atom is -0.488 e. The third-order valence-corrected chi connectivity index (χ3v) is 3.95. The molecule has 136 valence electrons. The van der Waals surface area contributed by atoms with Gasteiger partial charge in [0, 0.05) is 16.1 Å². The number of nitrogens with zero attached hydrogens (tertiary/aromatic N) is 1. The Morgan fingerprint density at radius 1 is 1.04 bits per heavy atom. The minimum absolute atomic E-state index is 0.289. The fraction of sp³-hybridized carbons (Fsp3) is 0.0476. The maximum atomic E-state index is 13.0. The van der Waals surface area contributed by atoms with E-state index in [2.05, 4.69) is 10.5 Å². The first kappa shape index (κ1) is 18.6. The molecule has 6 heteroatoms. The molecule has 0 unspecified atom stereocenters. The van der Waals surface area contributed by atoms with Gasteiger partial charge < -0.3 is 4.74 Å². The van der Waals surface area contributed by atoms with Crippen molar-refractivity contribution in [3.05, 3.63) is 100 Å². The molecule has 0 spiro atoms. The summed E-state index contributed by atoms with van der Waals surface area (Å²) in [4.78, 5) is 12.0. The van der Waals surface area contributed by atoms with Crippen molar-refractivity contribution < 1.29 is 13.9 Å². The lowest BCUT2D eigenvalue weighted by molar-refractivity contribution is 0.0955. The van der Waals surface area contributed by atoms with E-state index in [1.165, 1.54) is 18.3 Å². The molecule has 0 aliphatic rings. The summed E-state index contributed by atoms with van der Waals surface area (Å²) in [6.07, 6.45) is 1.51. The van der Waals surface area contributed by atoms with E-state index < -0.39 is 0 Å². The zero-order chi connectivity index (χ0) is 19.1. The summed E-state index contributed by atoms with van der Waals surface area (Å²) < 4.78 is 18.7. The van der Waals surface area contributed by atoms with Crippen molar-refractivity contribution in [2.45, 2.75) is 6.61 Å². The van der Waals surface area contributed by atoms with Crippen LogP contribution in [0.5, 0.6) is 5.75 Å². The average Bonchev–Trinajstić information content (AvgIpc) is 2.69. The van der Waals surface area contributed by atoms with Crippen molar-refractivity contribution in [3.63, 3.8) is 0 Å². The van der Waals surface area contributed by atoms with E-state index in [1.54, 1.807) is 42.5 Å². The van der Waals surface area contributed by atoms with Gasteiger partial charge in [-0.15, -0.1) is 0 Å². The molecule has 0 radical (unpaired) electrons. The summed E-state index contributed by atoms with van der Waals surface area (Å²) in [5.74, 6) is -0.0262. The number of amides is 1. The highest BCUT2D eigenvalue weighted by Crippen LogP contribution is 2.18. The number of hydrogen-bond acceptors (Lipinski definition) is 3. The number of para-hydroxylation sites is 1. The Bertz CT molecular complexity index is 941. The molecule has 3 rings (SSSR count). The number of carbonyl (C=O) groups is 1. The van der Waals surface area contributed by atoms with E-state index in [4.69, 9.17) is 16.3 Å². The zero-order valence-electron chi connectivity index (χ0n) is 14.2. The molecular formula is C21H16ClFN2O2. The summed E-state index contributed by atoms with van der Waals surface area (Å²) in [5, 5.41) is 4.54. The Morgan fingerprint density at radius 3 is 2.48 bits per heavy atom. The van der Waals surface area contributed by atoms with E-state index >= 15 is 0 Å². The third-order valence-electron chi connectivity index (χ3n) is 3.70. The SMILES string of the molecule is O=C(N/N=C\c1ccccc1OCc1ccc(F)cc1)c1ccc(Cl)cc1. The van der Waals surface area contributed by atoms with Crippen LogP contribution < -0.4 is 10.2 Å². The van der Waals surface area contributed by atoms with E-state index in [0.717, 1.165) is 5.56 Å². The predicted molar refractivity (Wildman–Crippen MR) is 104 cm³/mol. The van der Waals surface area contributed by atoms with Crippen molar-refractivity contribution >= 4 is 23.7 Å². The molecule has 0 aliphatic carbocycles. The van der Waals surface area contributed by atoms with Crippen LogP contribution in [0.25, 0.3) is 0 Å². The lowest BCUT2D eigenvalue weighted by Crippen LogP contribution is -2.17. The van der Waals surface area contributed by atoms with Crippen molar-refractivity contribution in [2.75, 3.05) is 0 Å². The largest absolute Gasteiger partial charge is 0.488 e. The molecule has 0 bridgehead atoms. The minimum atomic E-state index is -0.340. The maximum absolute atomic E-state index is 13.0. The number of ether oxygens (including phenoxy) is 1. The van der Waals surface area contributed by atoms with Crippen molar-refractivity contribution in [1.82, 2.24) is 5.43 Å². The standard InChI is InChI=1S/C21H16ClFN2O2/c22-18-9-7-16(8-10-18)21(26)25-24-13-17-3-1-2-4-20(17)27-14-15-5-11-19(23)12-6-15/h1-13H,14H2,(H,25,26)/b24-13-. The van der Waals surface area contributed by atoms with Gasteiger partial charge in [-0.05, 0) is 54.1 Å². The number of hydrazone groups is 1. The lowest BCUT2D eigenvalue weighted by atomic mass is 10.2. The fourth-order valence-electron chi connectivity index (χ4n) is 2.29. The molecule has 1 amide bonds. The molecular weight excluding hydrogens is 367 g/mol. The van der Waals surface area contributed by atoms with Crippen LogP contribution in [-0.2, 0) is 6.61 Å². The zero-order valence-corrected chi connectivity index (χ0v) is 15.0. The first-order valence-corrected chi connectivity index (χ1v) is 8.55. The molecule has 0 aliphatic heterocycles. The van der Waals surface area contributed by atoms with Crippen LogP contribution in [0.15, 0.2) is 77.9 Å². The Kier molecular flexibility index (Phi) is 6.18. The molecule has 4 nitrogen and oxygen atoms in total. The molecule has 27 heavy (non-hydrogen) atoms. The van der Waals surface area contributed by atoms with Crippen LogP contribution >= 0.6 is 11.6 Å². The summed E-state index contributed by atoms with van der Waals surface area (Å²) >= 11 is 5.81. The highest BCUT2D eigenvalue weighted by molar-refractivity contribution is 6.30. The van der Waals surface area contributed by atoms with E-state index in [-0.39, 0.29) is 11.7 Å². The van der Waals surface area contributed by atoms with Crippen molar-refractivity contribution in [1.29, 1.82) is 0 Å². The molecule has 0 saturated carbocycles.